The number of ether oxygens (including phenoxy) is 3. The summed E-state index contributed by atoms with van der Waals surface area (Å²) >= 11 is 0. The highest BCUT2D eigenvalue weighted by molar-refractivity contribution is 6.16. The molecule has 4 aromatic rings. The molecule has 0 saturated heterocycles. The van der Waals surface area contributed by atoms with Gasteiger partial charge in [-0.05, 0) is 53.9 Å². The SMILES string of the molecule is CC(C)(C)N(CC(=O)OCc1ccccc1)C(=O)OCOC(=O)c1c2ccccc2cc2ccccc12. The van der Waals surface area contributed by atoms with Gasteiger partial charge in [-0.15, -0.1) is 0 Å². The van der Waals surface area contributed by atoms with E-state index in [0.717, 1.165) is 27.1 Å². The zero-order valence-corrected chi connectivity index (χ0v) is 21.1. The third-order valence-electron chi connectivity index (χ3n) is 5.91. The average molecular weight is 500 g/mol. The van der Waals surface area contributed by atoms with Gasteiger partial charge in [0.15, 0.2) is 0 Å². The van der Waals surface area contributed by atoms with Crippen molar-refractivity contribution in [2.24, 2.45) is 0 Å². The van der Waals surface area contributed by atoms with Crippen LogP contribution in [-0.4, -0.2) is 41.8 Å². The minimum atomic E-state index is -0.792. The summed E-state index contributed by atoms with van der Waals surface area (Å²) in [5.41, 5.74) is 0.508. The van der Waals surface area contributed by atoms with Crippen LogP contribution in [0.5, 0.6) is 0 Å². The van der Waals surface area contributed by atoms with Gasteiger partial charge in [0.2, 0.25) is 6.79 Å². The zero-order valence-electron chi connectivity index (χ0n) is 21.1. The van der Waals surface area contributed by atoms with Crippen LogP contribution in [0, 0.1) is 0 Å². The molecule has 0 bridgehead atoms. The molecule has 7 heteroatoms. The van der Waals surface area contributed by atoms with Gasteiger partial charge >= 0.3 is 18.0 Å². The van der Waals surface area contributed by atoms with E-state index in [2.05, 4.69) is 0 Å². The molecule has 0 fully saturated rings. The number of hydrogen-bond donors (Lipinski definition) is 0. The number of benzene rings is 4. The second-order valence-electron chi connectivity index (χ2n) is 9.56. The molecule has 0 atom stereocenters. The Morgan fingerprint density at radius 1 is 0.730 bits per heavy atom. The third kappa shape index (κ3) is 6.25. The van der Waals surface area contributed by atoms with Gasteiger partial charge in [-0.25, -0.2) is 9.59 Å². The highest BCUT2D eigenvalue weighted by Crippen LogP contribution is 2.29. The number of esters is 2. The first-order valence-electron chi connectivity index (χ1n) is 12.0. The molecular weight excluding hydrogens is 470 g/mol. The summed E-state index contributed by atoms with van der Waals surface area (Å²) in [6.07, 6.45) is -0.792. The van der Waals surface area contributed by atoms with Crippen LogP contribution < -0.4 is 0 Å². The lowest BCUT2D eigenvalue weighted by molar-refractivity contribution is -0.147. The summed E-state index contributed by atoms with van der Waals surface area (Å²) in [5.74, 6) is -1.18. The number of nitrogens with zero attached hydrogens (tertiary/aromatic N) is 1. The fourth-order valence-corrected chi connectivity index (χ4v) is 4.01. The Hall–Kier alpha value is -4.39. The number of hydrogen-bond acceptors (Lipinski definition) is 6. The minimum Gasteiger partial charge on any atom is -0.459 e. The van der Waals surface area contributed by atoms with Crippen molar-refractivity contribution in [2.75, 3.05) is 13.3 Å². The summed E-state index contributed by atoms with van der Waals surface area (Å²) < 4.78 is 15.9. The smallest absolute Gasteiger partial charge is 0.413 e. The molecule has 0 spiro atoms. The Bertz CT molecular complexity index is 1370. The van der Waals surface area contributed by atoms with Gasteiger partial charge in [-0.3, -0.25) is 9.69 Å². The van der Waals surface area contributed by atoms with Crippen LogP contribution in [0.2, 0.25) is 0 Å². The first-order valence-corrected chi connectivity index (χ1v) is 12.0. The van der Waals surface area contributed by atoms with E-state index >= 15 is 0 Å². The van der Waals surface area contributed by atoms with Crippen molar-refractivity contribution in [1.82, 2.24) is 4.90 Å². The van der Waals surface area contributed by atoms with E-state index in [1.807, 2.05) is 84.9 Å². The maximum atomic E-state index is 13.1. The zero-order chi connectivity index (χ0) is 26.4. The largest absolute Gasteiger partial charge is 0.459 e. The molecule has 7 nitrogen and oxygen atoms in total. The normalized spacial score (nSPS) is 11.2. The van der Waals surface area contributed by atoms with Crippen LogP contribution >= 0.6 is 0 Å². The molecule has 4 rings (SSSR count). The topological polar surface area (TPSA) is 82.1 Å². The van der Waals surface area contributed by atoms with E-state index in [1.165, 1.54) is 4.90 Å². The molecule has 4 aromatic carbocycles. The predicted molar refractivity (Wildman–Crippen MR) is 141 cm³/mol. The van der Waals surface area contributed by atoms with E-state index < -0.39 is 30.4 Å². The molecule has 0 aromatic heterocycles. The molecule has 0 aliphatic carbocycles. The fourth-order valence-electron chi connectivity index (χ4n) is 4.01. The summed E-state index contributed by atoms with van der Waals surface area (Å²) in [7, 11) is 0. The van der Waals surface area contributed by atoms with Gasteiger partial charge in [0.05, 0.1) is 5.56 Å². The molecular formula is C30H29NO6. The minimum absolute atomic E-state index is 0.101. The molecule has 0 heterocycles. The number of rotatable bonds is 7. The Morgan fingerprint density at radius 3 is 1.89 bits per heavy atom. The Balaban J connectivity index is 1.41. The van der Waals surface area contributed by atoms with Crippen LogP contribution in [0.25, 0.3) is 21.5 Å². The van der Waals surface area contributed by atoms with Crippen LogP contribution in [0.15, 0.2) is 84.9 Å². The molecule has 0 unspecified atom stereocenters. The molecule has 1 amide bonds. The van der Waals surface area contributed by atoms with E-state index in [9.17, 15) is 14.4 Å². The second kappa shape index (κ2) is 11.1. The third-order valence-corrected chi connectivity index (χ3v) is 5.91. The van der Waals surface area contributed by atoms with Crippen molar-refractivity contribution < 1.29 is 28.6 Å². The monoisotopic (exact) mass is 499 g/mol. The molecule has 0 radical (unpaired) electrons. The summed E-state index contributed by atoms with van der Waals surface area (Å²) in [4.78, 5) is 39.6. The van der Waals surface area contributed by atoms with Gasteiger partial charge in [0.25, 0.3) is 0 Å². The Morgan fingerprint density at radius 2 is 1.30 bits per heavy atom. The second-order valence-corrected chi connectivity index (χ2v) is 9.56. The van der Waals surface area contributed by atoms with Crippen LogP contribution in [-0.2, 0) is 25.6 Å². The first kappa shape index (κ1) is 25.7. The lowest BCUT2D eigenvalue weighted by Gasteiger charge is -2.33. The number of carbonyl (C=O) groups is 3. The van der Waals surface area contributed by atoms with Crippen molar-refractivity contribution in [3.8, 4) is 0 Å². The van der Waals surface area contributed by atoms with E-state index in [1.54, 1.807) is 20.8 Å². The lowest BCUT2D eigenvalue weighted by atomic mass is 9.97. The average Bonchev–Trinajstić information content (AvgIpc) is 2.88. The number of carbonyl (C=O) groups excluding carboxylic acids is 3. The highest BCUT2D eigenvalue weighted by atomic mass is 16.7. The van der Waals surface area contributed by atoms with Crippen molar-refractivity contribution in [2.45, 2.75) is 32.9 Å². The quantitative estimate of drug-likeness (QED) is 0.174. The van der Waals surface area contributed by atoms with Gasteiger partial charge in [0.1, 0.15) is 13.2 Å². The molecule has 0 N–H and O–H groups in total. The Labute approximate surface area is 215 Å². The molecule has 0 aliphatic rings. The van der Waals surface area contributed by atoms with Gasteiger partial charge in [-0.1, -0.05) is 78.9 Å². The van der Waals surface area contributed by atoms with Crippen molar-refractivity contribution in [3.05, 3.63) is 96.1 Å². The molecule has 190 valence electrons. The van der Waals surface area contributed by atoms with Gasteiger partial charge in [0, 0.05) is 5.54 Å². The first-order chi connectivity index (χ1) is 17.7. The van der Waals surface area contributed by atoms with Crippen molar-refractivity contribution in [1.29, 1.82) is 0 Å². The van der Waals surface area contributed by atoms with Crippen LogP contribution in [0.1, 0.15) is 36.7 Å². The highest BCUT2D eigenvalue weighted by Gasteiger charge is 2.31. The molecule has 37 heavy (non-hydrogen) atoms. The van der Waals surface area contributed by atoms with Crippen molar-refractivity contribution in [3.63, 3.8) is 0 Å². The summed E-state index contributed by atoms with van der Waals surface area (Å²) in [5, 5.41) is 3.29. The van der Waals surface area contributed by atoms with E-state index in [0.29, 0.717) is 5.56 Å². The van der Waals surface area contributed by atoms with Gasteiger partial charge < -0.3 is 14.2 Å². The standard InChI is InChI=1S/C30H29NO6/c1-30(2,3)31(18-26(32)35-19-21-11-5-4-6-12-21)29(34)37-20-36-28(33)27-24-15-9-7-13-22(24)17-23-14-8-10-16-25(23)27/h4-17H,18-20H2,1-3H3. The van der Waals surface area contributed by atoms with Crippen LogP contribution in [0.3, 0.4) is 0 Å². The fraction of sp³-hybridized carbons (Fsp3) is 0.233. The maximum absolute atomic E-state index is 13.1. The van der Waals surface area contributed by atoms with Crippen molar-refractivity contribution >= 4 is 39.6 Å². The van der Waals surface area contributed by atoms with E-state index in [4.69, 9.17) is 14.2 Å². The summed E-state index contributed by atoms with van der Waals surface area (Å²) in [6, 6.07) is 26.4. The molecule has 0 aliphatic heterocycles. The predicted octanol–water partition coefficient (Wildman–Crippen LogP) is 6.09. The van der Waals surface area contributed by atoms with Gasteiger partial charge in [-0.2, -0.15) is 0 Å². The maximum Gasteiger partial charge on any atom is 0.413 e. The van der Waals surface area contributed by atoms with Crippen LogP contribution in [0.4, 0.5) is 4.79 Å². The number of amides is 1. The summed E-state index contributed by atoms with van der Waals surface area (Å²) in [6.45, 7) is 4.51. The Kier molecular flexibility index (Phi) is 7.72. The van der Waals surface area contributed by atoms with E-state index in [-0.39, 0.29) is 13.2 Å². The number of fused-ring (bicyclic) bond motifs is 2. The molecule has 0 saturated carbocycles. The lowest BCUT2D eigenvalue weighted by Crippen LogP contribution is -2.49.